The van der Waals surface area contributed by atoms with Gasteiger partial charge in [-0.15, -0.1) is 0 Å². The molecule has 0 aliphatic heterocycles. The minimum Gasteiger partial charge on any atom is -0.490 e. The van der Waals surface area contributed by atoms with Crippen LogP contribution in [0.5, 0.6) is 11.5 Å². The number of fused-ring (bicyclic) bond motifs is 1. The van der Waals surface area contributed by atoms with Crippen LogP contribution in [0.2, 0.25) is 0 Å². The Balaban J connectivity index is 1.77. The van der Waals surface area contributed by atoms with Crippen LogP contribution in [0.25, 0.3) is 22.3 Å². The molecule has 0 aliphatic rings. The molecular formula is C29H26F3N3O5. The number of hydrogen-bond donors (Lipinski definition) is 0. The summed E-state index contributed by atoms with van der Waals surface area (Å²) in [4.78, 5) is 29.8. The fourth-order valence-electron chi connectivity index (χ4n) is 3.85. The van der Waals surface area contributed by atoms with Gasteiger partial charge in [0.1, 0.15) is 0 Å². The highest BCUT2D eigenvalue weighted by Crippen LogP contribution is 2.32. The quantitative estimate of drug-likeness (QED) is 0.195. The minimum absolute atomic E-state index is 0.0562. The first kappa shape index (κ1) is 28.3. The van der Waals surface area contributed by atoms with E-state index in [4.69, 9.17) is 14.2 Å². The van der Waals surface area contributed by atoms with Crippen LogP contribution >= 0.6 is 0 Å². The van der Waals surface area contributed by atoms with Crippen molar-refractivity contribution >= 4 is 23.1 Å². The number of carbonyl (C=O) groups excluding carboxylic acids is 1. The zero-order valence-electron chi connectivity index (χ0n) is 21.9. The lowest BCUT2D eigenvalue weighted by atomic mass is 10.1. The first-order valence-corrected chi connectivity index (χ1v) is 12.5. The number of rotatable bonds is 9. The summed E-state index contributed by atoms with van der Waals surface area (Å²) in [6.45, 7) is 5.54. The number of carbonyl (C=O) groups is 1. The molecule has 0 spiro atoms. The second-order valence-electron chi connectivity index (χ2n) is 8.54. The van der Waals surface area contributed by atoms with Crippen LogP contribution in [0.1, 0.15) is 31.9 Å². The molecule has 0 saturated heterocycles. The lowest BCUT2D eigenvalue weighted by molar-refractivity contribution is -0.150. The van der Waals surface area contributed by atoms with Crippen molar-refractivity contribution < 1.29 is 32.2 Å². The van der Waals surface area contributed by atoms with Crippen molar-refractivity contribution in [2.24, 2.45) is 5.10 Å². The molecule has 4 rings (SSSR count). The minimum atomic E-state index is -4.58. The standard InChI is InChI=1S/C29H26F3N3O5/c1-4-38-25-15-19(13-14-24(25)40-18(3)28(37)39-5-2)17-33-35-26(20-9-8-10-21(16-20)29(30,31)32)34-23-12-7-6-11-22(23)27(35)36/h6-18H,4-5H2,1-3H3/t18-/m0/s1. The molecule has 1 aromatic heterocycles. The van der Waals surface area contributed by atoms with Gasteiger partial charge in [0.25, 0.3) is 5.56 Å². The maximum Gasteiger partial charge on any atom is 0.416 e. The Labute approximate surface area is 227 Å². The molecule has 0 fully saturated rings. The number of esters is 1. The number of nitrogens with zero attached hydrogens (tertiary/aromatic N) is 3. The van der Waals surface area contributed by atoms with Crippen molar-refractivity contribution in [3.63, 3.8) is 0 Å². The normalized spacial score (nSPS) is 12.4. The van der Waals surface area contributed by atoms with Gasteiger partial charge in [0.05, 0.1) is 35.9 Å². The monoisotopic (exact) mass is 553 g/mol. The average molecular weight is 554 g/mol. The Hall–Kier alpha value is -4.67. The molecule has 0 bridgehead atoms. The smallest absolute Gasteiger partial charge is 0.416 e. The Morgan fingerprint density at radius 3 is 2.52 bits per heavy atom. The van der Waals surface area contributed by atoms with Crippen LogP contribution in [0, 0.1) is 0 Å². The van der Waals surface area contributed by atoms with Gasteiger partial charge in [0, 0.05) is 5.56 Å². The number of ether oxygens (including phenoxy) is 3. The van der Waals surface area contributed by atoms with E-state index < -0.39 is 29.4 Å². The molecular weight excluding hydrogens is 527 g/mol. The van der Waals surface area contributed by atoms with Crippen LogP contribution < -0.4 is 15.0 Å². The van der Waals surface area contributed by atoms with Gasteiger partial charge in [0.2, 0.25) is 0 Å². The predicted molar refractivity (Wildman–Crippen MR) is 144 cm³/mol. The fraction of sp³-hybridized carbons (Fsp3) is 0.241. The summed E-state index contributed by atoms with van der Waals surface area (Å²) in [5, 5.41) is 4.56. The molecule has 0 N–H and O–H groups in total. The van der Waals surface area contributed by atoms with Crippen LogP contribution in [-0.4, -0.2) is 41.2 Å². The SMILES string of the molecule is CCOC(=O)[C@H](C)Oc1ccc(C=Nn2c(-c3cccc(C(F)(F)F)c3)nc3ccccc3c2=O)cc1OCC. The molecule has 208 valence electrons. The molecule has 0 amide bonds. The van der Waals surface area contributed by atoms with Gasteiger partial charge in [0.15, 0.2) is 23.4 Å². The van der Waals surface area contributed by atoms with Crippen molar-refractivity contribution in [2.45, 2.75) is 33.1 Å². The van der Waals surface area contributed by atoms with Crippen molar-refractivity contribution in [1.82, 2.24) is 9.66 Å². The highest BCUT2D eigenvalue weighted by Gasteiger charge is 2.31. The van der Waals surface area contributed by atoms with Gasteiger partial charge < -0.3 is 14.2 Å². The van der Waals surface area contributed by atoms with Crippen LogP contribution in [0.3, 0.4) is 0 Å². The third-order valence-corrected chi connectivity index (χ3v) is 5.71. The first-order valence-electron chi connectivity index (χ1n) is 12.5. The van der Waals surface area contributed by atoms with Crippen molar-refractivity contribution in [2.75, 3.05) is 13.2 Å². The van der Waals surface area contributed by atoms with Gasteiger partial charge in [-0.05, 0) is 68.8 Å². The lowest BCUT2D eigenvalue weighted by Crippen LogP contribution is -2.26. The Kier molecular flexibility index (Phi) is 8.52. The lowest BCUT2D eigenvalue weighted by Gasteiger charge is -2.16. The molecule has 1 heterocycles. The second-order valence-corrected chi connectivity index (χ2v) is 8.54. The van der Waals surface area contributed by atoms with Gasteiger partial charge >= 0.3 is 12.1 Å². The van der Waals surface area contributed by atoms with Crippen molar-refractivity contribution in [3.05, 3.63) is 88.2 Å². The molecule has 0 radical (unpaired) electrons. The van der Waals surface area contributed by atoms with Gasteiger partial charge in [-0.25, -0.2) is 9.78 Å². The summed E-state index contributed by atoms with van der Waals surface area (Å²) in [5.41, 5.74) is -0.544. The van der Waals surface area contributed by atoms with E-state index in [0.717, 1.165) is 16.8 Å². The van der Waals surface area contributed by atoms with E-state index in [2.05, 4.69) is 10.1 Å². The van der Waals surface area contributed by atoms with Crippen molar-refractivity contribution in [3.8, 4) is 22.9 Å². The Morgan fingerprint density at radius 2 is 1.80 bits per heavy atom. The number of alkyl halides is 3. The maximum atomic E-state index is 13.4. The molecule has 0 saturated carbocycles. The summed E-state index contributed by atoms with van der Waals surface area (Å²) in [5.74, 6) is 0.0404. The number of para-hydroxylation sites is 1. The third-order valence-electron chi connectivity index (χ3n) is 5.71. The topological polar surface area (TPSA) is 92.0 Å². The van der Waals surface area contributed by atoms with E-state index in [9.17, 15) is 22.8 Å². The second kappa shape index (κ2) is 12.0. The largest absolute Gasteiger partial charge is 0.490 e. The Bertz CT molecular complexity index is 1620. The van der Waals surface area contributed by atoms with Crippen LogP contribution in [0.4, 0.5) is 13.2 Å². The van der Waals surface area contributed by atoms with E-state index in [1.165, 1.54) is 18.3 Å². The van der Waals surface area contributed by atoms with Gasteiger partial charge in [-0.3, -0.25) is 4.79 Å². The molecule has 0 unspecified atom stereocenters. The third kappa shape index (κ3) is 6.31. The highest BCUT2D eigenvalue weighted by atomic mass is 19.4. The summed E-state index contributed by atoms with van der Waals surface area (Å²) in [6, 6.07) is 15.9. The number of aromatic nitrogens is 2. The number of halogens is 3. The van der Waals surface area contributed by atoms with Gasteiger partial charge in [-0.2, -0.15) is 22.9 Å². The van der Waals surface area contributed by atoms with E-state index in [-0.39, 0.29) is 23.4 Å². The molecule has 11 heteroatoms. The zero-order valence-corrected chi connectivity index (χ0v) is 21.9. The molecule has 8 nitrogen and oxygen atoms in total. The summed E-state index contributed by atoms with van der Waals surface area (Å²) in [7, 11) is 0. The predicted octanol–water partition coefficient (Wildman–Crippen LogP) is 5.69. The van der Waals surface area contributed by atoms with E-state index in [1.54, 1.807) is 63.2 Å². The zero-order chi connectivity index (χ0) is 28.9. The van der Waals surface area contributed by atoms with Crippen molar-refractivity contribution in [1.29, 1.82) is 0 Å². The first-order chi connectivity index (χ1) is 19.1. The maximum absolute atomic E-state index is 13.4. The molecule has 0 aliphatic carbocycles. The van der Waals surface area contributed by atoms with Crippen LogP contribution in [0.15, 0.2) is 76.6 Å². The van der Waals surface area contributed by atoms with Gasteiger partial charge in [-0.1, -0.05) is 24.3 Å². The Morgan fingerprint density at radius 1 is 1.02 bits per heavy atom. The fourth-order valence-corrected chi connectivity index (χ4v) is 3.85. The number of hydrogen-bond acceptors (Lipinski definition) is 7. The van der Waals surface area contributed by atoms with E-state index in [1.807, 2.05) is 0 Å². The summed E-state index contributed by atoms with van der Waals surface area (Å²) in [6.07, 6.45) is -4.10. The van der Waals surface area contributed by atoms with Crippen LogP contribution in [-0.2, 0) is 15.7 Å². The van der Waals surface area contributed by atoms with E-state index in [0.29, 0.717) is 29.2 Å². The molecule has 1 atom stereocenters. The molecule has 4 aromatic rings. The average Bonchev–Trinajstić information content (AvgIpc) is 2.93. The summed E-state index contributed by atoms with van der Waals surface area (Å²) >= 11 is 0. The molecule has 40 heavy (non-hydrogen) atoms. The number of benzene rings is 3. The highest BCUT2D eigenvalue weighted by molar-refractivity contribution is 5.83. The molecule has 3 aromatic carbocycles. The van der Waals surface area contributed by atoms with E-state index >= 15 is 0 Å². The summed E-state index contributed by atoms with van der Waals surface area (Å²) < 4.78 is 57.6.